The van der Waals surface area contributed by atoms with E-state index in [1.165, 1.54) is 11.1 Å². The monoisotopic (exact) mass is 649 g/mol. The molecule has 0 spiro atoms. The highest BCUT2D eigenvalue weighted by Crippen LogP contribution is 2.35. The van der Waals surface area contributed by atoms with E-state index >= 15 is 0 Å². The lowest BCUT2D eigenvalue weighted by Gasteiger charge is -2.22. The van der Waals surface area contributed by atoms with Crippen LogP contribution in [0.15, 0.2) is 120 Å². The van der Waals surface area contributed by atoms with Crippen molar-refractivity contribution in [2.75, 3.05) is 14.2 Å². The zero-order valence-corrected chi connectivity index (χ0v) is 27.9. The summed E-state index contributed by atoms with van der Waals surface area (Å²) in [5.41, 5.74) is 6.22. The van der Waals surface area contributed by atoms with Crippen LogP contribution in [0.3, 0.4) is 0 Å². The number of aromatic nitrogens is 2. The van der Waals surface area contributed by atoms with Crippen molar-refractivity contribution in [3.8, 4) is 34.3 Å². The van der Waals surface area contributed by atoms with E-state index in [4.69, 9.17) is 30.8 Å². The Morgan fingerprint density at radius 3 is 1.93 bits per heavy atom. The van der Waals surface area contributed by atoms with Crippen LogP contribution in [0.25, 0.3) is 16.9 Å². The number of hydrogen-bond acceptors (Lipinski definition) is 6. The van der Waals surface area contributed by atoms with E-state index in [2.05, 4.69) is 71.1 Å². The van der Waals surface area contributed by atoms with Crippen molar-refractivity contribution in [2.45, 2.75) is 37.8 Å². The summed E-state index contributed by atoms with van der Waals surface area (Å²) in [6, 6.07) is 36.6. The van der Waals surface area contributed by atoms with Gasteiger partial charge in [-0.1, -0.05) is 61.8 Å². The topological polar surface area (TPSA) is 48.2 Å². The van der Waals surface area contributed by atoms with Crippen molar-refractivity contribution in [3.05, 3.63) is 137 Å². The van der Waals surface area contributed by atoms with Gasteiger partial charge in [0.25, 0.3) is 0 Å². The Kier molecular flexibility index (Phi) is 9.83. The Balaban J connectivity index is 1.20. The van der Waals surface area contributed by atoms with Crippen molar-refractivity contribution >= 4 is 29.2 Å². The molecule has 46 heavy (non-hydrogen) atoms. The number of imidazole rings is 1. The van der Waals surface area contributed by atoms with Crippen LogP contribution in [-0.2, 0) is 13.1 Å². The Hall–Kier alpha value is -4.43. The number of halogens is 1. The van der Waals surface area contributed by atoms with Crippen LogP contribution in [0.2, 0.25) is 5.02 Å². The van der Waals surface area contributed by atoms with Gasteiger partial charge in [0, 0.05) is 29.7 Å². The Morgan fingerprint density at radius 2 is 1.35 bits per heavy atom. The van der Waals surface area contributed by atoms with E-state index in [1.54, 1.807) is 26.2 Å². The summed E-state index contributed by atoms with van der Waals surface area (Å²) in [4.78, 5) is 5.99. The van der Waals surface area contributed by atoms with Crippen LogP contribution in [0.1, 0.15) is 36.6 Å². The zero-order valence-electron chi connectivity index (χ0n) is 26.3. The molecular formula is C38H36ClN3O3S. The van der Waals surface area contributed by atoms with Crippen molar-refractivity contribution in [1.29, 1.82) is 0 Å². The molecule has 2 heterocycles. The highest BCUT2D eigenvalue weighted by Gasteiger charge is 2.19. The smallest absolute Gasteiger partial charge is 0.156 e. The standard InChI is InChI=1S/C38H36ClN3O3S/c1-26(2)36-37(42-22-6-9-35(39)38(42)40-36)29-7-5-8-33(23-29)45-32-18-20-34(21-19-32)46-41(24-27-10-14-30(43-3)15-11-27)25-28-12-16-31(44-4)17-13-28/h5-23,26H,24-25H2,1-4H3. The van der Waals surface area contributed by atoms with Gasteiger partial charge in [0.1, 0.15) is 23.0 Å². The maximum Gasteiger partial charge on any atom is 0.156 e. The molecule has 6 aromatic rings. The normalized spacial score (nSPS) is 11.4. The minimum absolute atomic E-state index is 0.231. The number of fused-ring (bicyclic) bond motifs is 1. The zero-order chi connectivity index (χ0) is 32.0. The number of pyridine rings is 1. The molecule has 6 rings (SSSR count). The van der Waals surface area contributed by atoms with E-state index in [0.29, 0.717) is 5.02 Å². The van der Waals surface area contributed by atoms with Crippen LogP contribution < -0.4 is 14.2 Å². The Morgan fingerprint density at radius 1 is 0.739 bits per heavy atom. The van der Waals surface area contributed by atoms with E-state index in [-0.39, 0.29) is 5.92 Å². The van der Waals surface area contributed by atoms with Gasteiger partial charge >= 0.3 is 0 Å². The quantitative estimate of drug-likeness (QED) is 0.123. The van der Waals surface area contributed by atoms with Crippen LogP contribution >= 0.6 is 23.5 Å². The maximum absolute atomic E-state index is 6.50. The molecule has 4 aromatic carbocycles. The Bertz CT molecular complexity index is 1860. The van der Waals surface area contributed by atoms with Crippen molar-refractivity contribution in [3.63, 3.8) is 0 Å². The molecule has 0 bridgehead atoms. The third-order valence-electron chi connectivity index (χ3n) is 7.61. The minimum atomic E-state index is 0.231. The third kappa shape index (κ3) is 7.34. The van der Waals surface area contributed by atoms with Gasteiger partial charge in [0.2, 0.25) is 0 Å². The summed E-state index contributed by atoms with van der Waals surface area (Å²) in [6.07, 6.45) is 2.01. The van der Waals surface area contributed by atoms with Gasteiger partial charge in [-0.3, -0.25) is 4.40 Å². The lowest BCUT2D eigenvalue weighted by Crippen LogP contribution is -2.15. The fourth-order valence-corrected chi connectivity index (χ4v) is 6.48. The predicted molar refractivity (Wildman–Crippen MR) is 187 cm³/mol. The average Bonchev–Trinajstić information content (AvgIpc) is 3.48. The lowest BCUT2D eigenvalue weighted by molar-refractivity contribution is 0.413. The van der Waals surface area contributed by atoms with Gasteiger partial charge in [0.15, 0.2) is 5.65 Å². The molecule has 0 unspecified atom stereocenters. The maximum atomic E-state index is 6.50. The van der Waals surface area contributed by atoms with E-state index in [9.17, 15) is 0 Å². The number of benzene rings is 4. The second kappa shape index (κ2) is 14.3. The molecule has 0 aliphatic carbocycles. The molecule has 2 aromatic heterocycles. The SMILES string of the molecule is COc1ccc(CN(Cc2ccc(OC)cc2)Sc2ccc(Oc3cccc(-c4c(C(C)C)nc5c(Cl)cccn45)c3)cc2)cc1. The minimum Gasteiger partial charge on any atom is -0.497 e. The molecule has 0 aliphatic rings. The molecule has 0 radical (unpaired) electrons. The summed E-state index contributed by atoms with van der Waals surface area (Å²) in [7, 11) is 3.37. The van der Waals surface area contributed by atoms with Gasteiger partial charge in [0.05, 0.1) is 30.6 Å². The molecule has 0 atom stereocenters. The van der Waals surface area contributed by atoms with E-state index in [1.807, 2.05) is 66.9 Å². The van der Waals surface area contributed by atoms with Crippen LogP contribution in [0.4, 0.5) is 0 Å². The first kappa shape index (κ1) is 31.5. The molecule has 8 heteroatoms. The lowest BCUT2D eigenvalue weighted by atomic mass is 10.0. The van der Waals surface area contributed by atoms with Gasteiger partial charge in [-0.05, 0) is 102 Å². The molecule has 0 fully saturated rings. The van der Waals surface area contributed by atoms with E-state index < -0.39 is 0 Å². The summed E-state index contributed by atoms with van der Waals surface area (Å²) < 4.78 is 21.5. The summed E-state index contributed by atoms with van der Waals surface area (Å²) in [5.74, 6) is 3.45. The fraction of sp³-hybridized carbons (Fsp3) is 0.184. The summed E-state index contributed by atoms with van der Waals surface area (Å²) >= 11 is 8.21. The number of ether oxygens (including phenoxy) is 3. The first-order chi connectivity index (χ1) is 22.4. The van der Waals surface area contributed by atoms with Crippen molar-refractivity contribution in [1.82, 2.24) is 13.7 Å². The largest absolute Gasteiger partial charge is 0.497 e. The molecule has 0 amide bonds. The van der Waals surface area contributed by atoms with Gasteiger partial charge in [-0.15, -0.1) is 0 Å². The molecule has 234 valence electrons. The molecule has 0 saturated carbocycles. The second-order valence-electron chi connectivity index (χ2n) is 11.2. The molecule has 0 N–H and O–H groups in total. The Labute approximate surface area is 279 Å². The first-order valence-corrected chi connectivity index (χ1v) is 16.3. The van der Waals surface area contributed by atoms with Gasteiger partial charge in [-0.25, -0.2) is 9.29 Å². The number of methoxy groups -OCH3 is 2. The molecule has 0 saturated heterocycles. The van der Waals surface area contributed by atoms with Gasteiger partial charge < -0.3 is 14.2 Å². The van der Waals surface area contributed by atoms with E-state index in [0.717, 1.165) is 63.6 Å². The highest BCUT2D eigenvalue weighted by atomic mass is 35.5. The predicted octanol–water partition coefficient (Wildman–Crippen LogP) is 10.3. The summed E-state index contributed by atoms with van der Waals surface area (Å²) in [6.45, 7) is 5.82. The molecular weight excluding hydrogens is 614 g/mol. The van der Waals surface area contributed by atoms with Crippen molar-refractivity contribution in [2.24, 2.45) is 0 Å². The molecule has 6 nitrogen and oxygen atoms in total. The highest BCUT2D eigenvalue weighted by molar-refractivity contribution is 7.97. The van der Waals surface area contributed by atoms with Crippen LogP contribution in [0, 0.1) is 0 Å². The number of nitrogens with zero attached hydrogens (tertiary/aromatic N) is 3. The van der Waals surface area contributed by atoms with Crippen LogP contribution in [0.5, 0.6) is 23.0 Å². The summed E-state index contributed by atoms with van der Waals surface area (Å²) in [5, 5.41) is 0.632. The second-order valence-corrected chi connectivity index (χ2v) is 12.8. The average molecular weight is 650 g/mol. The first-order valence-electron chi connectivity index (χ1n) is 15.1. The van der Waals surface area contributed by atoms with Crippen LogP contribution in [-0.4, -0.2) is 27.9 Å². The molecule has 0 aliphatic heterocycles. The van der Waals surface area contributed by atoms with Gasteiger partial charge in [-0.2, -0.15) is 0 Å². The van der Waals surface area contributed by atoms with Crippen molar-refractivity contribution < 1.29 is 14.2 Å². The number of rotatable bonds is 12. The number of hydrogen-bond donors (Lipinski definition) is 0. The fourth-order valence-electron chi connectivity index (χ4n) is 5.29. The third-order valence-corrected chi connectivity index (χ3v) is 8.91.